The molecule has 1 rings (SSSR count). The van der Waals surface area contributed by atoms with Crippen LogP contribution in [0.5, 0.6) is 0 Å². The van der Waals surface area contributed by atoms with Crippen molar-refractivity contribution < 1.29 is 4.57 Å². The van der Waals surface area contributed by atoms with Crippen molar-refractivity contribution in [2.24, 2.45) is 11.0 Å². The molecule has 0 unspecified atom stereocenters. The van der Waals surface area contributed by atoms with Crippen LogP contribution in [0.3, 0.4) is 0 Å². The molecule has 0 amide bonds. The summed E-state index contributed by atoms with van der Waals surface area (Å²) in [6.45, 7) is 0.133. The van der Waals surface area contributed by atoms with E-state index in [0.717, 1.165) is 0 Å². The van der Waals surface area contributed by atoms with Crippen LogP contribution in [0.15, 0.2) is 30.3 Å². The summed E-state index contributed by atoms with van der Waals surface area (Å²) in [5.41, 5.74) is 11.4. The van der Waals surface area contributed by atoms with Crippen LogP contribution in [0.2, 0.25) is 0 Å². The van der Waals surface area contributed by atoms with Gasteiger partial charge in [-0.25, -0.2) is 0 Å². The van der Waals surface area contributed by atoms with Crippen molar-refractivity contribution in [3.8, 4) is 12.3 Å². The second-order valence-electron chi connectivity index (χ2n) is 2.77. The fourth-order valence-corrected chi connectivity index (χ4v) is 1.87. The Morgan fingerprint density at radius 3 is 2.36 bits per heavy atom. The molecular weight excluding hydrogens is 197 g/mol. The number of nitrogens with two attached hydrogens (primary N) is 2. The molecule has 4 N–H and O–H groups in total. The lowest BCUT2D eigenvalue weighted by Gasteiger charge is -2.25. The Morgan fingerprint density at radius 1 is 1.36 bits per heavy atom. The van der Waals surface area contributed by atoms with Gasteiger partial charge in [0.1, 0.15) is 0 Å². The highest BCUT2D eigenvalue weighted by molar-refractivity contribution is 7.60. The lowest BCUT2D eigenvalue weighted by molar-refractivity contribution is 0.574. The summed E-state index contributed by atoms with van der Waals surface area (Å²) < 4.78 is 12.8. The molecule has 0 heterocycles. The minimum Gasteiger partial charge on any atom is -0.288 e. The molecule has 0 spiro atoms. The highest BCUT2D eigenvalue weighted by Gasteiger charge is 2.19. The number of benzene rings is 1. The van der Waals surface area contributed by atoms with E-state index in [1.54, 1.807) is 24.3 Å². The van der Waals surface area contributed by atoms with Crippen LogP contribution >= 0.6 is 7.59 Å². The van der Waals surface area contributed by atoms with Gasteiger partial charge in [-0.2, -0.15) is 0 Å². The van der Waals surface area contributed by atoms with Crippen molar-refractivity contribution in [1.29, 1.82) is 0 Å². The van der Waals surface area contributed by atoms with Gasteiger partial charge in [0.25, 0.3) is 0 Å². The summed E-state index contributed by atoms with van der Waals surface area (Å²) in [5, 5.41) is 0. The normalized spacial score (nSPS) is 10.6. The molecule has 1 aromatic rings. The van der Waals surface area contributed by atoms with E-state index in [-0.39, 0.29) is 6.54 Å². The predicted octanol–water partition coefficient (Wildman–Crippen LogP) is 1.15. The first-order chi connectivity index (χ1) is 6.55. The average Bonchev–Trinajstić information content (AvgIpc) is 2.14. The molecule has 1 aromatic carbocycles. The van der Waals surface area contributed by atoms with Gasteiger partial charge in [0, 0.05) is 5.69 Å². The van der Waals surface area contributed by atoms with E-state index in [4.69, 9.17) is 17.4 Å². The Kier molecular flexibility index (Phi) is 3.32. The quantitative estimate of drug-likeness (QED) is 0.578. The van der Waals surface area contributed by atoms with Gasteiger partial charge in [-0.3, -0.25) is 20.2 Å². The van der Waals surface area contributed by atoms with Crippen molar-refractivity contribution in [2.75, 3.05) is 11.2 Å². The van der Waals surface area contributed by atoms with Gasteiger partial charge in [0.05, 0.1) is 6.54 Å². The summed E-state index contributed by atoms with van der Waals surface area (Å²) in [6, 6.07) is 8.95. The number of hydrogen-bond acceptors (Lipinski definition) is 1. The molecular formula is C9H12N3OP. The van der Waals surface area contributed by atoms with Crippen LogP contribution in [-0.4, -0.2) is 6.54 Å². The van der Waals surface area contributed by atoms with Gasteiger partial charge < -0.3 is 0 Å². The van der Waals surface area contributed by atoms with Crippen LogP contribution < -0.4 is 15.7 Å². The number of anilines is 1. The van der Waals surface area contributed by atoms with Crippen LogP contribution in [0.1, 0.15) is 0 Å². The average molecular weight is 209 g/mol. The molecule has 4 nitrogen and oxygen atoms in total. The van der Waals surface area contributed by atoms with Gasteiger partial charge in [-0.15, -0.1) is 6.42 Å². The molecule has 0 aliphatic heterocycles. The number of nitrogens with zero attached hydrogens (tertiary/aromatic N) is 1. The summed E-state index contributed by atoms with van der Waals surface area (Å²) in [7, 11) is -3.32. The first-order valence-electron chi connectivity index (χ1n) is 3.99. The molecule has 0 atom stereocenters. The molecule has 0 aromatic heterocycles. The standard InChI is InChI=1S/C9H12N3OP/c1-2-8-12(14(10,11)13)9-6-4-3-5-7-9/h1,3-7H,8H2,(H4,10,11,13). The Morgan fingerprint density at radius 2 is 1.93 bits per heavy atom. The largest absolute Gasteiger partial charge is 0.301 e. The van der Waals surface area contributed by atoms with E-state index in [0.29, 0.717) is 5.69 Å². The zero-order chi connectivity index (χ0) is 10.6. The summed E-state index contributed by atoms with van der Waals surface area (Å²) >= 11 is 0. The first-order valence-corrected chi connectivity index (χ1v) is 5.79. The van der Waals surface area contributed by atoms with E-state index in [1.165, 1.54) is 4.67 Å². The third kappa shape index (κ3) is 2.61. The van der Waals surface area contributed by atoms with E-state index in [2.05, 4.69) is 5.92 Å². The zero-order valence-corrected chi connectivity index (χ0v) is 8.52. The highest BCUT2D eigenvalue weighted by atomic mass is 31.2. The van der Waals surface area contributed by atoms with Crippen molar-refractivity contribution >= 4 is 13.3 Å². The number of hydrogen-bond donors (Lipinski definition) is 2. The fourth-order valence-electron chi connectivity index (χ4n) is 1.07. The maximum atomic E-state index is 11.5. The fraction of sp³-hybridized carbons (Fsp3) is 0.111. The smallest absolute Gasteiger partial charge is 0.288 e. The molecule has 0 fully saturated rings. The van der Waals surface area contributed by atoms with Crippen molar-refractivity contribution in [1.82, 2.24) is 0 Å². The van der Waals surface area contributed by atoms with Gasteiger partial charge in [0.2, 0.25) is 0 Å². The summed E-state index contributed by atoms with van der Waals surface area (Å²) in [6.07, 6.45) is 5.14. The van der Waals surface area contributed by atoms with Gasteiger partial charge in [-0.1, -0.05) is 24.1 Å². The maximum absolute atomic E-state index is 11.5. The predicted molar refractivity (Wildman–Crippen MR) is 58.6 cm³/mol. The third-order valence-corrected chi connectivity index (χ3v) is 2.80. The molecule has 5 heteroatoms. The van der Waals surface area contributed by atoms with E-state index >= 15 is 0 Å². The van der Waals surface area contributed by atoms with Crippen LogP contribution in [0.4, 0.5) is 5.69 Å². The Bertz CT molecular complexity index is 379. The Labute approximate surface area is 83.4 Å². The van der Waals surface area contributed by atoms with Crippen molar-refractivity contribution in [2.45, 2.75) is 0 Å². The second kappa shape index (κ2) is 4.30. The molecule has 0 saturated carbocycles. The minimum absolute atomic E-state index is 0.133. The van der Waals surface area contributed by atoms with E-state index < -0.39 is 7.59 Å². The van der Waals surface area contributed by atoms with E-state index in [9.17, 15) is 4.57 Å². The minimum atomic E-state index is -3.32. The Balaban J connectivity index is 3.03. The lowest BCUT2D eigenvalue weighted by Crippen LogP contribution is -2.28. The molecule has 0 radical (unpaired) electrons. The van der Waals surface area contributed by atoms with Crippen LogP contribution in [0, 0.1) is 12.3 Å². The van der Waals surface area contributed by atoms with Gasteiger partial charge in [0.15, 0.2) is 0 Å². The molecule has 14 heavy (non-hydrogen) atoms. The molecule has 0 aliphatic carbocycles. The monoisotopic (exact) mass is 209 g/mol. The SMILES string of the molecule is C#CCN(c1ccccc1)P(N)(N)=O. The van der Waals surface area contributed by atoms with E-state index in [1.807, 2.05) is 6.07 Å². The first kappa shape index (κ1) is 10.8. The van der Waals surface area contributed by atoms with Crippen molar-refractivity contribution in [3.05, 3.63) is 30.3 Å². The molecule has 0 bridgehead atoms. The zero-order valence-electron chi connectivity index (χ0n) is 7.63. The number of rotatable bonds is 3. The number of para-hydroxylation sites is 1. The lowest BCUT2D eigenvalue weighted by atomic mass is 10.3. The third-order valence-electron chi connectivity index (χ3n) is 1.67. The maximum Gasteiger partial charge on any atom is 0.301 e. The van der Waals surface area contributed by atoms with Crippen LogP contribution in [-0.2, 0) is 4.57 Å². The highest BCUT2D eigenvalue weighted by Crippen LogP contribution is 2.36. The van der Waals surface area contributed by atoms with Crippen molar-refractivity contribution in [3.63, 3.8) is 0 Å². The summed E-state index contributed by atoms with van der Waals surface area (Å²) in [5.74, 6) is 2.37. The van der Waals surface area contributed by atoms with Crippen LogP contribution in [0.25, 0.3) is 0 Å². The number of terminal acetylenes is 1. The Hall–Kier alpha value is -1.27. The molecule has 0 aliphatic rings. The summed E-state index contributed by atoms with van der Waals surface area (Å²) in [4.78, 5) is 0. The topological polar surface area (TPSA) is 72.3 Å². The second-order valence-corrected chi connectivity index (χ2v) is 4.60. The van der Waals surface area contributed by atoms with Gasteiger partial charge >= 0.3 is 7.59 Å². The molecule has 74 valence electrons. The molecule has 0 saturated heterocycles. The van der Waals surface area contributed by atoms with Gasteiger partial charge in [-0.05, 0) is 12.1 Å².